The number of aliphatic imine (C=N–C) groups is 1. The second-order valence-corrected chi connectivity index (χ2v) is 7.49. The van der Waals surface area contributed by atoms with E-state index in [4.69, 9.17) is 4.99 Å². The van der Waals surface area contributed by atoms with Crippen LogP contribution in [0.1, 0.15) is 38.5 Å². The van der Waals surface area contributed by atoms with Crippen LogP contribution in [0.4, 0.5) is 0 Å². The van der Waals surface area contributed by atoms with Crippen LogP contribution in [0.2, 0.25) is 0 Å². The highest BCUT2D eigenvalue weighted by Crippen LogP contribution is 2.61. The van der Waals surface area contributed by atoms with E-state index in [9.17, 15) is 0 Å². The Morgan fingerprint density at radius 1 is 1.16 bits per heavy atom. The molecule has 3 heteroatoms. The lowest BCUT2D eigenvalue weighted by molar-refractivity contribution is -0.0174. The van der Waals surface area contributed by atoms with Crippen LogP contribution < -0.4 is 5.32 Å². The van der Waals surface area contributed by atoms with Crippen molar-refractivity contribution in [1.29, 1.82) is 0 Å². The lowest BCUT2D eigenvalue weighted by Gasteiger charge is -2.57. The smallest absolute Gasteiger partial charge is 0.105 e. The van der Waals surface area contributed by atoms with E-state index in [0.717, 1.165) is 37.4 Å². The molecule has 0 amide bonds. The minimum absolute atomic E-state index is 0.499. The highest BCUT2D eigenvalue weighted by molar-refractivity contribution is 5.90. The van der Waals surface area contributed by atoms with Crippen molar-refractivity contribution in [2.75, 3.05) is 33.2 Å². The molecule has 0 unspecified atom stereocenters. The predicted molar refractivity (Wildman–Crippen MR) is 78.4 cm³/mol. The summed E-state index contributed by atoms with van der Waals surface area (Å²) in [7, 11) is 2.05. The van der Waals surface area contributed by atoms with Gasteiger partial charge in [0.25, 0.3) is 0 Å². The van der Waals surface area contributed by atoms with E-state index < -0.39 is 0 Å². The molecule has 0 aromatic rings. The lowest BCUT2D eigenvalue weighted by atomic mass is 9.49. The summed E-state index contributed by atoms with van der Waals surface area (Å²) in [6.07, 6.45) is 8.95. The molecule has 0 aromatic carbocycles. The van der Waals surface area contributed by atoms with Crippen molar-refractivity contribution in [3.63, 3.8) is 0 Å². The summed E-state index contributed by atoms with van der Waals surface area (Å²) < 4.78 is 0. The van der Waals surface area contributed by atoms with Crippen molar-refractivity contribution in [2.45, 2.75) is 38.5 Å². The third-order valence-electron chi connectivity index (χ3n) is 6.08. The molecule has 0 atom stereocenters. The molecule has 1 heterocycles. The normalized spacial score (nSPS) is 43.9. The van der Waals surface area contributed by atoms with Crippen molar-refractivity contribution in [2.24, 2.45) is 28.2 Å². The minimum atomic E-state index is 0.499. The third-order valence-corrected chi connectivity index (χ3v) is 6.08. The fourth-order valence-electron chi connectivity index (χ4n) is 5.83. The summed E-state index contributed by atoms with van der Waals surface area (Å²) in [5.41, 5.74) is 0.499. The van der Waals surface area contributed by atoms with E-state index in [-0.39, 0.29) is 0 Å². The Kier molecular flexibility index (Phi) is 2.87. The average Bonchev–Trinajstić information content (AvgIpc) is 2.83. The molecule has 4 bridgehead atoms. The van der Waals surface area contributed by atoms with Crippen LogP contribution in [0.25, 0.3) is 0 Å². The molecule has 19 heavy (non-hydrogen) atoms. The van der Waals surface area contributed by atoms with Crippen molar-refractivity contribution in [3.8, 4) is 0 Å². The maximum atomic E-state index is 4.97. The Morgan fingerprint density at radius 2 is 1.79 bits per heavy atom. The molecular weight excluding hydrogens is 234 g/mol. The Bertz CT molecular complexity index is 352. The van der Waals surface area contributed by atoms with Gasteiger partial charge in [0.15, 0.2) is 0 Å². The Hall–Kier alpha value is -0.570. The molecule has 4 saturated carbocycles. The van der Waals surface area contributed by atoms with Gasteiger partial charge in [0.05, 0.1) is 6.54 Å². The van der Waals surface area contributed by atoms with Crippen molar-refractivity contribution in [3.05, 3.63) is 0 Å². The summed E-state index contributed by atoms with van der Waals surface area (Å²) in [6.45, 7) is 4.45. The van der Waals surface area contributed by atoms with Gasteiger partial charge >= 0.3 is 0 Å². The number of nitrogens with one attached hydrogen (secondary N) is 1. The number of rotatable bonds is 4. The third kappa shape index (κ3) is 1.93. The zero-order chi connectivity index (χ0) is 12.9. The Balaban J connectivity index is 1.57. The molecule has 0 aromatic heterocycles. The van der Waals surface area contributed by atoms with Crippen molar-refractivity contribution < 1.29 is 0 Å². The SMILES string of the molecule is CNCCN1CCN=C1C12CC3CC(CC(C3)C1)C2. The molecule has 4 fully saturated rings. The number of likely N-dealkylation sites (N-methyl/N-ethyl adjacent to an activating group) is 1. The number of nitrogens with zero attached hydrogens (tertiary/aromatic N) is 2. The molecule has 3 nitrogen and oxygen atoms in total. The van der Waals surface area contributed by atoms with Gasteiger partial charge in [-0.3, -0.25) is 4.99 Å². The van der Waals surface area contributed by atoms with Crippen LogP contribution in [-0.2, 0) is 0 Å². The molecule has 4 aliphatic carbocycles. The Morgan fingerprint density at radius 3 is 2.37 bits per heavy atom. The van der Waals surface area contributed by atoms with Gasteiger partial charge in [-0.2, -0.15) is 0 Å². The van der Waals surface area contributed by atoms with E-state index in [2.05, 4.69) is 17.3 Å². The maximum Gasteiger partial charge on any atom is 0.105 e. The number of hydrogen-bond acceptors (Lipinski definition) is 3. The molecule has 0 spiro atoms. The van der Waals surface area contributed by atoms with E-state index in [1.165, 1.54) is 50.9 Å². The highest BCUT2D eigenvalue weighted by Gasteiger charge is 2.54. The summed E-state index contributed by atoms with van der Waals surface area (Å²) in [4.78, 5) is 7.58. The van der Waals surface area contributed by atoms with Gasteiger partial charge in [0.2, 0.25) is 0 Å². The summed E-state index contributed by atoms with van der Waals surface area (Å²) in [5.74, 6) is 4.60. The van der Waals surface area contributed by atoms with E-state index in [0.29, 0.717) is 5.41 Å². The first-order valence-corrected chi connectivity index (χ1v) is 8.23. The molecular formula is C16H27N3. The van der Waals surface area contributed by atoms with Gasteiger partial charge in [-0.1, -0.05) is 0 Å². The second-order valence-electron chi connectivity index (χ2n) is 7.49. The first kappa shape index (κ1) is 12.2. The van der Waals surface area contributed by atoms with Crippen LogP contribution in [0.3, 0.4) is 0 Å². The fraction of sp³-hybridized carbons (Fsp3) is 0.938. The minimum Gasteiger partial charge on any atom is -0.357 e. The van der Waals surface area contributed by atoms with E-state index in [1.807, 2.05) is 0 Å². The van der Waals surface area contributed by atoms with Crippen molar-refractivity contribution in [1.82, 2.24) is 10.2 Å². The van der Waals surface area contributed by atoms with E-state index in [1.54, 1.807) is 0 Å². The fourth-order valence-corrected chi connectivity index (χ4v) is 5.83. The van der Waals surface area contributed by atoms with Gasteiger partial charge in [0, 0.05) is 25.0 Å². The first-order chi connectivity index (χ1) is 9.29. The lowest BCUT2D eigenvalue weighted by Crippen LogP contribution is -2.54. The van der Waals surface area contributed by atoms with Gasteiger partial charge in [-0.05, 0) is 63.3 Å². The molecule has 5 aliphatic rings. The van der Waals surface area contributed by atoms with Crippen LogP contribution in [0.5, 0.6) is 0 Å². The quantitative estimate of drug-likeness (QED) is 0.839. The van der Waals surface area contributed by atoms with Gasteiger partial charge < -0.3 is 10.2 Å². The average molecular weight is 261 g/mol. The molecule has 106 valence electrons. The second kappa shape index (κ2) is 4.47. The van der Waals surface area contributed by atoms with E-state index >= 15 is 0 Å². The van der Waals surface area contributed by atoms with Crippen LogP contribution in [0.15, 0.2) is 4.99 Å². The number of amidine groups is 1. The predicted octanol–water partition coefficient (Wildman–Crippen LogP) is 2.14. The Labute approximate surface area is 116 Å². The topological polar surface area (TPSA) is 27.6 Å². The zero-order valence-corrected chi connectivity index (χ0v) is 12.2. The van der Waals surface area contributed by atoms with Gasteiger partial charge in [0.1, 0.15) is 5.84 Å². The molecule has 5 rings (SSSR count). The van der Waals surface area contributed by atoms with Crippen LogP contribution in [0, 0.1) is 23.2 Å². The molecule has 1 N–H and O–H groups in total. The van der Waals surface area contributed by atoms with Crippen molar-refractivity contribution >= 4 is 5.84 Å². The largest absolute Gasteiger partial charge is 0.357 e. The maximum absolute atomic E-state index is 4.97. The summed E-state index contributed by atoms with van der Waals surface area (Å²) in [6, 6.07) is 0. The van der Waals surface area contributed by atoms with Gasteiger partial charge in [-0.15, -0.1) is 0 Å². The summed E-state index contributed by atoms with van der Waals surface area (Å²) >= 11 is 0. The molecule has 0 saturated heterocycles. The monoisotopic (exact) mass is 261 g/mol. The summed E-state index contributed by atoms with van der Waals surface area (Å²) in [5, 5.41) is 3.29. The molecule has 1 aliphatic heterocycles. The highest BCUT2D eigenvalue weighted by atomic mass is 15.3. The van der Waals surface area contributed by atoms with Crippen LogP contribution >= 0.6 is 0 Å². The first-order valence-electron chi connectivity index (χ1n) is 8.23. The molecule has 0 radical (unpaired) electrons. The van der Waals surface area contributed by atoms with Crippen LogP contribution in [-0.4, -0.2) is 44.0 Å². The number of hydrogen-bond donors (Lipinski definition) is 1. The van der Waals surface area contributed by atoms with Gasteiger partial charge in [-0.25, -0.2) is 0 Å². The zero-order valence-electron chi connectivity index (χ0n) is 12.2. The standard InChI is InChI=1S/C16H27N3/c1-17-2-4-19-5-3-18-15(19)16-9-12-6-13(10-16)8-14(7-12)11-16/h12-14,17H,2-11H2,1H3.